The molecule has 0 spiro atoms. The summed E-state index contributed by atoms with van der Waals surface area (Å²) < 4.78 is 44.2. The second kappa shape index (κ2) is 6.67. The summed E-state index contributed by atoms with van der Waals surface area (Å²) >= 11 is 11.5. The molecule has 0 radical (unpaired) electrons. The van der Waals surface area contributed by atoms with Crippen LogP contribution in [0, 0.1) is 0 Å². The van der Waals surface area contributed by atoms with Crippen molar-refractivity contribution in [3.05, 3.63) is 45.7 Å². The standard InChI is InChI=1S/C13H10Cl2F3N3O2/c1-21-11(15)9(10(20-21)13(16,17)18)6-23-12(22)19-8-4-2-7(14)3-5-8/h2-5H,6H2,1H3,(H,19,22). The summed E-state index contributed by atoms with van der Waals surface area (Å²) in [6, 6.07) is 6.11. The molecule has 0 aliphatic rings. The van der Waals surface area contributed by atoms with Gasteiger partial charge in [0.1, 0.15) is 11.8 Å². The lowest BCUT2D eigenvalue weighted by atomic mass is 10.2. The van der Waals surface area contributed by atoms with Crippen LogP contribution in [0.2, 0.25) is 10.2 Å². The van der Waals surface area contributed by atoms with Gasteiger partial charge in [-0.05, 0) is 24.3 Å². The fourth-order valence-corrected chi connectivity index (χ4v) is 2.04. The van der Waals surface area contributed by atoms with Crippen LogP contribution in [-0.2, 0) is 24.6 Å². The predicted molar refractivity (Wildman–Crippen MR) is 78.5 cm³/mol. The number of amides is 1. The van der Waals surface area contributed by atoms with E-state index in [1.807, 2.05) is 0 Å². The van der Waals surface area contributed by atoms with Crippen LogP contribution in [0.1, 0.15) is 11.3 Å². The lowest BCUT2D eigenvalue weighted by molar-refractivity contribution is -0.142. The number of hydrogen-bond acceptors (Lipinski definition) is 3. The summed E-state index contributed by atoms with van der Waals surface area (Å²) in [5, 5.41) is 5.86. The largest absolute Gasteiger partial charge is 0.444 e. The molecule has 0 saturated heterocycles. The van der Waals surface area contributed by atoms with Crippen molar-refractivity contribution < 1.29 is 22.7 Å². The molecule has 0 saturated carbocycles. The molecule has 1 N–H and O–H groups in total. The predicted octanol–water partition coefficient (Wildman–Crippen LogP) is 4.49. The van der Waals surface area contributed by atoms with Gasteiger partial charge in [0.2, 0.25) is 0 Å². The lowest BCUT2D eigenvalue weighted by Gasteiger charge is -2.09. The molecule has 2 aromatic rings. The van der Waals surface area contributed by atoms with Gasteiger partial charge >= 0.3 is 12.3 Å². The van der Waals surface area contributed by atoms with E-state index in [2.05, 4.69) is 10.4 Å². The van der Waals surface area contributed by atoms with Crippen molar-refractivity contribution in [2.75, 3.05) is 5.32 Å². The van der Waals surface area contributed by atoms with E-state index in [1.54, 1.807) is 0 Å². The molecule has 2 rings (SSSR count). The highest BCUT2D eigenvalue weighted by molar-refractivity contribution is 6.30. The smallest absolute Gasteiger partial charge is 0.435 e. The zero-order chi connectivity index (χ0) is 17.2. The molecule has 1 heterocycles. The monoisotopic (exact) mass is 367 g/mol. The minimum Gasteiger partial charge on any atom is -0.444 e. The molecule has 1 amide bonds. The third-order valence-corrected chi connectivity index (χ3v) is 3.50. The number of carbonyl (C=O) groups is 1. The molecular formula is C13H10Cl2F3N3O2. The summed E-state index contributed by atoms with van der Waals surface area (Å²) in [5.74, 6) is 0. The van der Waals surface area contributed by atoms with Crippen molar-refractivity contribution in [2.24, 2.45) is 7.05 Å². The molecule has 1 aromatic heterocycles. The van der Waals surface area contributed by atoms with Crippen LogP contribution < -0.4 is 5.32 Å². The normalized spacial score (nSPS) is 11.4. The first kappa shape index (κ1) is 17.4. The quantitative estimate of drug-likeness (QED) is 0.868. The Hall–Kier alpha value is -1.93. The number of rotatable bonds is 3. The molecule has 23 heavy (non-hydrogen) atoms. The van der Waals surface area contributed by atoms with Crippen molar-refractivity contribution in [3.63, 3.8) is 0 Å². The zero-order valence-electron chi connectivity index (χ0n) is 11.6. The van der Waals surface area contributed by atoms with Crippen LogP contribution >= 0.6 is 23.2 Å². The van der Waals surface area contributed by atoms with E-state index < -0.39 is 30.1 Å². The molecule has 0 aliphatic carbocycles. The number of carbonyl (C=O) groups excluding carboxylic acids is 1. The first-order chi connectivity index (χ1) is 10.7. The lowest BCUT2D eigenvalue weighted by Crippen LogP contribution is -2.15. The number of aryl methyl sites for hydroxylation is 1. The molecule has 124 valence electrons. The summed E-state index contributed by atoms with van der Waals surface area (Å²) in [6.07, 6.45) is -5.63. The van der Waals surface area contributed by atoms with Gasteiger partial charge in [-0.2, -0.15) is 18.3 Å². The van der Waals surface area contributed by atoms with Crippen molar-refractivity contribution >= 4 is 35.0 Å². The van der Waals surface area contributed by atoms with Crippen LogP contribution in [0.15, 0.2) is 24.3 Å². The number of ether oxygens (including phenoxy) is 1. The fraction of sp³-hybridized carbons (Fsp3) is 0.231. The minimum absolute atomic E-state index is 0.253. The minimum atomic E-state index is -4.70. The Labute approximate surface area is 138 Å². The van der Waals surface area contributed by atoms with Gasteiger partial charge in [0.05, 0.1) is 5.56 Å². The second-order valence-corrected chi connectivity index (χ2v) is 5.24. The Morgan fingerprint density at radius 2 is 1.91 bits per heavy atom. The van der Waals surface area contributed by atoms with E-state index in [1.165, 1.54) is 31.3 Å². The fourth-order valence-electron chi connectivity index (χ4n) is 1.73. The summed E-state index contributed by atoms with van der Waals surface area (Å²) in [7, 11) is 1.26. The van der Waals surface area contributed by atoms with Crippen molar-refractivity contribution in [1.82, 2.24) is 9.78 Å². The van der Waals surface area contributed by atoms with Crippen molar-refractivity contribution in [2.45, 2.75) is 12.8 Å². The second-order valence-electron chi connectivity index (χ2n) is 4.45. The molecule has 0 unspecified atom stereocenters. The Morgan fingerprint density at radius 3 is 2.48 bits per heavy atom. The zero-order valence-corrected chi connectivity index (χ0v) is 13.1. The number of nitrogens with one attached hydrogen (secondary N) is 1. The van der Waals surface area contributed by atoms with E-state index in [-0.39, 0.29) is 5.15 Å². The van der Waals surface area contributed by atoms with E-state index in [0.717, 1.165) is 4.68 Å². The molecule has 0 aliphatic heterocycles. The third-order valence-electron chi connectivity index (χ3n) is 2.78. The maximum atomic E-state index is 12.8. The topological polar surface area (TPSA) is 56.2 Å². The van der Waals surface area contributed by atoms with E-state index in [9.17, 15) is 18.0 Å². The maximum absolute atomic E-state index is 12.8. The van der Waals surface area contributed by atoms with Gasteiger partial charge in [-0.3, -0.25) is 10.00 Å². The first-order valence-corrected chi connectivity index (χ1v) is 6.92. The molecule has 0 bridgehead atoms. The van der Waals surface area contributed by atoms with E-state index >= 15 is 0 Å². The highest BCUT2D eigenvalue weighted by atomic mass is 35.5. The summed E-state index contributed by atoms with van der Waals surface area (Å²) in [5.41, 5.74) is -1.22. The van der Waals surface area contributed by atoms with Gasteiger partial charge < -0.3 is 4.74 Å². The number of anilines is 1. The SMILES string of the molecule is Cn1nc(C(F)(F)F)c(COC(=O)Nc2ccc(Cl)cc2)c1Cl. The van der Waals surface area contributed by atoms with Crippen LogP contribution in [0.5, 0.6) is 0 Å². The highest BCUT2D eigenvalue weighted by Crippen LogP contribution is 2.34. The first-order valence-electron chi connectivity index (χ1n) is 6.16. The molecule has 10 heteroatoms. The number of halogens is 5. The van der Waals surface area contributed by atoms with Crippen LogP contribution in [0.4, 0.5) is 23.7 Å². The van der Waals surface area contributed by atoms with Gasteiger partial charge in [0.25, 0.3) is 0 Å². The summed E-state index contributed by atoms with van der Waals surface area (Å²) in [6.45, 7) is -0.666. The van der Waals surface area contributed by atoms with E-state index in [0.29, 0.717) is 10.7 Å². The van der Waals surface area contributed by atoms with Crippen molar-refractivity contribution in [3.8, 4) is 0 Å². The Balaban J connectivity index is 2.06. The number of nitrogens with zero attached hydrogens (tertiary/aromatic N) is 2. The van der Waals surface area contributed by atoms with E-state index in [4.69, 9.17) is 27.9 Å². The average molecular weight is 368 g/mol. The third kappa shape index (κ3) is 4.29. The highest BCUT2D eigenvalue weighted by Gasteiger charge is 2.39. The van der Waals surface area contributed by atoms with Gasteiger partial charge in [-0.1, -0.05) is 23.2 Å². The van der Waals surface area contributed by atoms with Crippen LogP contribution in [0.25, 0.3) is 0 Å². The van der Waals surface area contributed by atoms with Gasteiger partial charge in [0, 0.05) is 17.8 Å². The van der Waals surface area contributed by atoms with Crippen molar-refractivity contribution in [1.29, 1.82) is 0 Å². The molecule has 0 fully saturated rings. The Morgan fingerprint density at radius 1 is 1.30 bits per heavy atom. The van der Waals surface area contributed by atoms with Crippen LogP contribution in [0.3, 0.4) is 0 Å². The average Bonchev–Trinajstić information content (AvgIpc) is 2.75. The molecule has 1 aromatic carbocycles. The van der Waals surface area contributed by atoms with Gasteiger partial charge in [-0.25, -0.2) is 4.79 Å². The number of benzene rings is 1. The maximum Gasteiger partial charge on any atom is 0.435 e. The Kier molecular flexibility index (Phi) is 5.06. The molecule has 5 nitrogen and oxygen atoms in total. The number of hydrogen-bond donors (Lipinski definition) is 1. The Bertz CT molecular complexity index is 714. The van der Waals surface area contributed by atoms with Crippen LogP contribution in [-0.4, -0.2) is 15.9 Å². The molecular weight excluding hydrogens is 358 g/mol. The summed E-state index contributed by atoms with van der Waals surface area (Å²) in [4.78, 5) is 11.6. The van der Waals surface area contributed by atoms with Gasteiger partial charge in [-0.15, -0.1) is 0 Å². The number of aromatic nitrogens is 2. The molecule has 0 atom stereocenters. The van der Waals surface area contributed by atoms with Gasteiger partial charge in [0.15, 0.2) is 5.69 Å². The number of alkyl halides is 3.